The molecule has 1 saturated heterocycles. The van der Waals surface area contributed by atoms with Gasteiger partial charge in [0, 0.05) is 25.8 Å². The van der Waals surface area contributed by atoms with E-state index in [4.69, 9.17) is 0 Å². The van der Waals surface area contributed by atoms with Gasteiger partial charge in [-0.1, -0.05) is 6.92 Å². The Balaban J connectivity index is 2.61. The average molecular weight is 318 g/mol. The van der Waals surface area contributed by atoms with Crippen molar-refractivity contribution in [3.8, 4) is 0 Å². The molecular formula is C13H22N2O5S. The summed E-state index contributed by atoms with van der Waals surface area (Å²) in [5.41, 5.74) is 0. The standard InChI is InChI=1S/C13H22N2O5S/c1-4-10-15(9(8-21-10)12(17)18)13(19)14(2)7-5-6-11(16)20-3/h9-10H,4-8H2,1-3H3,(H,17,18). The van der Waals surface area contributed by atoms with Crippen LogP contribution in [0.15, 0.2) is 0 Å². The molecule has 0 aliphatic carbocycles. The van der Waals surface area contributed by atoms with Gasteiger partial charge >= 0.3 is 18.0 Å². The van der Waals surface area contributed by atoms with Gasteiger partial charge in [0.1, 0.15) is 6.04 Å². The van der Waals surface area contributed by atoms with E-state index in [-0.39, 0.29) is 23.8 Å². The van der Waals surface area contributed by atoms with Crippen LogP contribution in [0.4, 0.5) is 4.79 Å². The fourth-order valence-electron chi connectivity index (χ4n) is 2.18. The van der Waals surface area contributed by atoms with Crippen molar-refractivity contribution in [1.29, 1.82) is 0 Å². The third-order valence-electron chi connectivity index (χ3n) is 3.38. The topological polar surface area (TPSA) is 87.2 Å². The zero-order chi connectivity index (χ0) is 16.0. The van der Waals surface area contributed by atoms with Gasteiger partial charge in [-0.25, -0.2) is 9.59 Å². The number of carbonyl (C=O) groups is 3. The highest BCUT2D eigenvalue weighted by molar-refractivity contribution is 8.00. The van der Waals surface area contributed by atoms with Gasteiger partial charge in [-0.3, -0.25) is 9.69 Å². The van der Waals surface area contributed by atoms with Crippen LogP contribution in [-0.2, 0) is 14.3 Å². The van der Waals surface area contributed by atoms with Crippen molar-refractivity contribution in [3.63, 3.8) is 0 Å². The van der Waals surface area contributed by atoms with E-state index in [2.05, 4.69) is 4.74 Å². The monoisotopic (exact) mass is 318 g/mol. The first-order valence-electron chi connectivity index (χ1n) is 6.87. The van der Waals surface area contributed by atoms with E-state index in [1.54, 1.807) is 7.05 Å². The minimum atomic E-state index is -0.977. The fourth-order valence-corrected chi connectivity index (χ4v) is 3.52. The first-order valence-corrected chi connectivity index (χ1v) is 7.91. The Morgan fingerprint density at radius 2 is 2.10 bits per heavy atom. The number of thioether (sulfide) groups is 1. The number of amides is 2. The van der Waals surface area contributed by atoms with Gasteiger partial charge in [-0.2, -0.15) is 0 Å². The summed E-state index contributed by atoms with van der Waals surface area (Å²) in [6, 6.07) is -1.08. The molecular weight excluding hydrogens is 296 g/mol. The molecule has 1 aliphatic rings. The zero-order valence-electron chi connectivity index (χ0n) is 12.6. The Hall–Kier alpha value is -1.44. The van der Waals surface area contributed by atoms with Crippen molar-refractivity contribution in [2.75, 3.05) is 26.5 Å². The lowest BCUT2D eigenvalue weighted by Crippen LogP contribution is -2.50. The number of hydrogen-bond acceptors (Lipinski definition) is 5. The molecule has 0 spiro atoms. The van der Waals surface area contributed by atoms with Gasteiger partial charge in [0.05, 0.1) is 12.5 Å². The number of nitrogens with zero attached hydrogens (tertiary/aromatic N) is 2. The van der Waals surface area contributed by atoms with Crippen LogP contribution in [0.3, 0.4) is 0 Å². The van der Waals surface area contributed by atoms with Crippen LogP contribution in [-0.4, -0.2) is 70.7 Å². The van der Waals surface area contributed by atoms with E-state index < -0.39 is 12.0 Å². The Labute approximate surface area is 128 Å². The summed E-state index contributed by atoms with van der Waals surface area (Å²) in [4.78, 5) is 37.6. The van der Waals surface area contributed by atoms with Crippen LogP contribution >= 0.6 is 11.8 Å². The second-order valence-electron chi connectivity index (χ2n) is 4.84. The lowest BCUT2D eigenvalue weighted by Gasteiger charge is -2.31. The van der Waals surface area contributed by atoms with Gasteiger partial charge in [0.2, 0.25) is 0 Å². The molecule has 0 bridgehead atoms. The van der Waals surface area contributed by atoms with E-state index in [1.807, 2.05) is 6.92 Å². The molecule has 1 N–H and O–H groups in total. The van der Waals surface area contributed by atoms with E-state index in [0.717, 1.165) is 0 Å². The average Bonchev–Trinajstić information content (AvgIpc) is 2.89. The van der Waals surface area contributed by atoms with Crippen LogP contribution in [0.25, 0.3) is 0 Å². The molecule has 0 aromatic carbocycles. The molecule has 0 saturated carbocycles. The maximum atomic E-state index is 12.4. The van der Waals surface area contributed by atoms with Crippen molar-refractivity contribution < 1.29 is 24.2 Å². The maximum absolute atomic E-state index is 12.4. The van der Waals surface area contributed by atoms with Crippen molar-refractivity contribution in [1.82, 2.24) is 9.80 Å². The van der Waals surface area contributed by atoms with Gasteiger partial charge in [0.15, 0.2) is 0 Å². The number of carboxylic acid groups (broad SMARTS) is 1. The normalized spacial score (nSPS) is 21.2. The summed E-state index contributed by atoms with van der Waals surface area (Å²) in [6.07, 6.45) is 1.43. The minimum Gasteiger partial charge on any atom is -0.480 e. The van der Waals surface area contributed by atoms with Crippen molar-refractivity contribution in [3.05, 3.63) is 0 Å². The molecule has 0 aromatic rings. The molecule has 1 aliphatic heterocycles. The summed E-state index contributed by atoms with van der Waals surface area (Å²) in [5.74, 6) is -0.882. The largest absolute Gasteiger partial charge is 0.480 e. The molecule has 21 heavy (non-hydrogen) atoms. The summed E-state index contributed by atoms with van der Waals surface area (Å²) in [6.45, 7) is 2.32. The van der Waals surface area contributed by atoms with Gasteiger partial charge in [0.25, 0.3) is 0 Å². The van der Waals surface area contributed by atoms with Crippen LogP contribution in [0.5, 0.6) is 0 Å². The number of aliphatic carboxylic acids is 1. The predicted molar refractivity (Wildman–Crippen MR) is 79.1 cm³/mol. The van der Waals surface area contributed by atoms with Gasteiger partial charge < -0.3 is 14.7 Å². The number of carbonyl (C=O) groups excluding carboxylic acids is 2. The number of rotatable bonds is 6. The van der Waals surface area contributed by atoms with Crippen LogP contribution in [0, 0.1) is 0 Å². The van der Waals surface area contributed by atoms with Crippen molar-refractivity contribution in [2.24, 2.45) is 0 Å². The highest BCUT2D eigenvalue weighted by Crippen LogP contribution is 2.32. The smallest absolute Gasteiger partial charge is 0.327 e. The molecule has 1 rings (SSSR count). The molecule has 8 heteroatoms. The second-order valence-corrected chi connectivity index (χ2v) is 6.05. The second kappa shape index (κ2) is 8.11. The first-order chi connectivity index (χ1) is 9.92. The summed E-state index contributed by atoms with van der Waals surface area (Å²) >= 11 is 1.49. The molecule has 0 radical (unpaired) electrons. The van der Waals surface area contributed by atoms with E-state index in [9.17, 15) is 19.5 Å². The third kappa shape index (κ3) is 4.52. The molecule has 120 valence electrons. The van der Waals surface area contributed by atoms with Crippen LogP contribution in [0.1, 0.15) is 26.2 Å². The van der Waals surface area contributed by atoms with Crippen LogP contribution in [0.2, 0.25) is 0 Å². The van der Waals surface area contributed by atoms with Crippen LogP contribution < -0.4 is 0 Å². The molecule has 7 nitrogen and oxygen atoms in total. The highest BCUT2D eigenvalue weighted by atomic mass is 32.2. The van der Waals surface area contributed by atoms with Crippen molar-refractivity contribution >= 4 is 29.7 Å². The quantitative estimate of drug-likeness (QED) is 0.741. The summed E-state index contributed by atoms with van der Waals surface area (Å²) in [5, 5.41) is 9.11. The number of ether oxygens (including phenoxy) is 1. The van der Waals surface area contributed by atoms with E-state index in [0.29, 0.717) is 25.1 Å². The van der Waals surface area contributed by atoms with Crippen molar-refractivity contribution in [2.45, 2.75) is 37.6 Å². The van der Waals surface area contributed by atoms with Gasteiger partial charge in [-0.05, 0) is 12.8 Å². The molecule has 2 unspecified atom stereocenters. The minimum absolute atomic E-state index is 0.110. The number of hydrogen-bond donors (Lipinski definition) is 1. The Morgan fingerprint density at radius 3 is 2.62 bits per heavy atom. The van der Waals surface area contributed by atoms with E-state index >= 15 is 0 Å². The predicted octanol–water partition coefficient (Wildman–Crippen LogP) is 1.23. The molecule has 1 heterocycles. The molecule has 2 atom stereocenters. The third-order valence-corrected chi connectivity index (χ3v) is 4.83. The first kappa shape index (κ1) is 17.6. The molecule has 2 amide bonds. The molecule has 0 aromatic heterocycles. The summed E-state index contributed by atoms with van der Waals surface area (Å²) < 4.78 is 4.54. The number of urea groups is 1. The lowest BCUT2D eigenvalue weighted by atomic mass is 10.2. The Morgan fingerprint density at radius 1 is 1.43 bits per heavy atom. The highest BCUT2D eigenvalue weighted by Gasteiger charge is 2.41. The summed E-state index contributed by atoms with van der Waals surface area (Å²) in [7, 11) is 2.94. The zero-order valence-corrected chi connectivity index (χ0v) is 13.4. The SMILES string of the molecule is CCC1SCC(C(=O)O)N1C(=O)N(C)CCCC(=O)OC. The van der Waals surface area contributed by atoms with Gasteiger partial charge in [-0.15, -0.1) is 11.8 Å². The lowest BCUT2D eigenvalue weighted by molar-refractivity contribution is -0.141. The number of methoxy groups -OCH3 is 1. The Kier molecular flexibility index (Phi) is 6.80. The van der Waals surface area contributed by atoms with E-state index in [1.165, 1.54) is 28.7 Å². The Bertz CT molecular complexity index is 404. The fraction of sp³-hybridized carbons (Fsp3) is 0.769. The number of esters is 1. The molecule has 1 fully saturated rings. The number of carboxylic acids is 1. The maximum Gasteiger partial charge on any atom is 0.327 e.